The van der Waals surface area contributed by atoms with E-state index in [1.807, 2.05) is 62.4 Å². The molecule has 4 aromatic carbocycles. The van der Waals surface area contributed by atoms with Crippen LogP contribution in [0, 0.1) is 16.0 Å². The maximum atomic E-state index is 13.6. The number of non-ortho nitro benzene ring substituents is 1. The molecule has 58 heavy (non-hydrogen) atoms. The van der Waals surface area contributed by atoms with Gasteiger partial charge in [0.2, 0.25) is 11.8 Å². The number of nitro groups is 1. The van der Waals surface area contributed by atoms with Gasteiger partial charge in [-0.1, -0.05) is 88.4 Å². The van der Waals surface area contributed by atoms with Crippen molar-refractivity contribution >= 4 is 41.5 Å². The number of primary amides is 1. The van der Waals surface area contributed by atoms with Crippen LogP contribution in [0.25, 0.3) is 11.1 Å². The zero-order valence-corrected chi connectivity index (χ0v) is 32.6. The van der Waals surface area contributed by atoms with E-state index in [0.29, 0.717) is 11.3 Å². The predicted octanol–water partition coefficient (Wildman–Crippen LogP) is 5.78. The Bertz CT molecular complexity index is 2030. The first-order valence-electron chi connectivity index (χ1n) is 18.8. The lowest BCUT2D eigenvalue weighted by molar-refractivity contribution is -0.384. The van der Waals surface area contributed by atoms with Crippen LogP contribution in [-0.2, 0) is 25.7 Å². The van der Waals surface area contributed by atoms with Gasteiger partial charge in [-0.3, -0.25) is 24.7 Å². The Morgan fingerprint density at radius 1 is 0.845 bits per heavy atom. The predicted molar refractivity (Wildman–Crippen MR) is 215 cm³/mol. The average Bonchev–Trinajstić information content (AvgIpc) is 3.54. The van der Waals surface area contributed by atoms with Gasteiger partial charge in [0, 0.05) is 36.9 Å². The molecule has 0 saturated carbocycles. The molecule has 5 N–H and O–H groups in total. The molecule has 0 saturated heterocycles. The van der Waals surface area contributed by atoms with Gasteiger partial charge in [-0.15, -0.1) is 0 Å². The quantitative estimate of drug-likeness (QED) is 0.0203. The molecule has 4 amide bonds. The van der Waals surface area contributed by atoms with Crippen LogP contribution in [0.2, 0.25) is 0 Å². The number of fused-ring (bicyclic) bond motifs is 3. The summed E-state index contributed by atoms with van der Waals surface area (Å²) >= 11 is 0. The van der Waals surface area contributed by atoms with Crippen molar-refractivity contribution in [3.63, 3.8) is 0 Å². The van der Waals surface area contributed by atoms with Crippen molar-refractivity contribution in [3.05, 3.63) is 124 Å². The van der Waals surface area contributed by atoms with E-state index in [-0.39, 0.29) is 50.0 Å². The number of carbonyl (C=O) groups is 4. The van der Waals surface area contributed by atoms with Gasteiger partial charge < -0.3 is 41.0 Å². The van der Waals surface area contributed by atoms with Crippen molar-refractivity contribution in [2.75, 3.05) is 18.5 Å². The van der Waals surface area contributed by atoms with E-state index in [1.54, 1.807) is 38.1 Å². The molecule has 16 nitrogen and oxygen atoms in total. The van der Waals surface area contributed by atoms with Gasteiger partial charge in [-0.2, -0.15) is 0 Å². The Kier molecular flexibility index (Phi) is 16.1. The van der Waals surface area contributed by atoms with Gasteiger partial charge in [0.25, 0.3) is 5.69 Å². The van der Waals surface area contributed by atoms with Crippen LogP contribution in [0.4, 0.5) is 21.0 Å². The molecule has 0 aliphatic heterocycles. The number of nitrogens with one attached hydrogen (secondary N) is 3. The van der Waals surface area contributed by atoms with Gasteiger partial charge >= 0.3 is 12.2 Å². The lowest BCUT2D eigenvalue weighted by atomic mass is 9.98. The summed E-state index contributed by atoms with van der Waals surface area (Å²) < 4.78 is 15.8. The van der Waals surface area contributed by atoms with Crippen LogP contribution in [0.1, 0.15) is 63.1 Å². The van der Waals surface area contributed by atoms with E-state index >= 15 is 0 Å². The Balaban J connectivity index is 0.00000366. The number of rotatable bonds is 16. The molecule has 0 heterocycles. The van der Waals surface area contributed by atoms with Crippen LogP contribution in [0.3, 0.4) is 0 Å². The molecular formula is C42H47N6O10-. The maximum Gasteiger partial charge on any atom is 0.514 e. The van der Waals surface area contributed by atoms with Crippen molar-refractivity contribution in [1.29, 1.82) is 0 Å². The second kappa shape index (κ2) is 21.4. The van der Waals surface area contributed by atoms with Gasteiger partial charge in [0.15, 0.2) is 0 Å². The summed E-state index contributed by atoms with van der Waals surface area (Å²) in [4.78, 5) is 64.7. The van der Waals surface area contributed by atoms with Gasteiger partial charge in [-0.25, -0.2) is 9.59 Å². The lowest BCUT2D eigenvalue weighted by Crippen LogP contribution is -2.49. The van der Waals surface area contributed by atoms with Crippen LogP contribution < -0.4 is 31.5 Å². The summed E-state index contributed by atoms with van der Waals surface area (Å²) in [6.45, 7) is 7.44. The molecule has 0 unspecified atom stereocenters. The molecular weight excluding hydrogens is 748 g/mol. The Labute approximate surface area is 335 Å². The number of benzene rings is 4. The number of anilines is 1. The van der Waals surface area contributed by atoms with Gasteiger partial charge in [0.1, 0.15) is 30.5 Å². The molecule has 0 radical (unpaired) electrons. The summed E-state index contributed by atoms with van der Waals surface area (Å²) in [5.41, 5.74) is 10.1. The first-order chi connectivity index (χ1) is 27.9. The van der Waals surface area contributed by atoms with Gasteiger partial charge in [0.05, 0.1) is 4.92 Å². The highest BCUT2D eigenvalue weighted by Gasteiger charge is 2.29. The van der Waals surface area contributed by atoms with Crippen molar-refractivity contribution in [1.82, 2.24) is 10.6 Å². The summed E-state index contributed by atoms with van der Waals surface area (Å²) in [6.07, 6.45) is -1.54. The molecule has 0 spiro atoms. The summed E-state index contributed by atoms with van der Waals surface area (Å²) in [5, 5.41) is 31.8. The fourth-order valence-corrected chi connectivity index (χ4v) is 6.12. The second-order valence-corrected chi connectivity index (χ2v) is 13.2. The Morgan fingerprint density at radius 2 is 1.45 bits per heavy atom. The largest absolute Gasteiger partial charge is 0.599 e. The normalized spacial score (nSPS) is 12.7. The molecule has 0 aromatic heterocycles. The summed E-state index contributed by atoms with van der Waals surface area (Å²) in [5.74, 6) is -1.79. The number of nitro benzene ring substituents is 1. The minimum Gasteiger partial charge on any atom is -0.599 e. The number of hydrogen-bond donors (Lipinski definition) is 4. The zero-order valence-electron chi connectivity index (χ0n) is 32.6. The zero-order chi connectivity index (χ0) is 42.2. The maximum absolute atomic E-state index is 13.6. The van der Waals surface area contributed by atoms with E-state index in [9.17, 15) is 34.4 Å². The third-order valence-corrected chi connectivity index (χ3v) is 8.91. The van der Waals surface area contributed by atoms with E-state index in [0.717, 1.165) is 22.3 Å². The van der Waals surface area contributed by atoms with Gasteiger partial charge in [-0.05, 0) is 70.8 Å². The highest BCUT2D eigenvalue weighted by atomic mass is 16.7. The number of urea groups is 1. The van der Waals surface area contributed by atoms with Crippen LogP contribution in [0.5, 0.6) is 5.75 Å². The number of aliphatic imine (C=N–C) groups is 1. The van der Waals surface area contributed by atoms with E-state index in [2.05, 4.69) is 20.9 Å². The third kappa shape index (κ3) is 12.3. The standard InChI is InChI=1S/C40H42N6O10.C2H6/c1-24(2)35(45-39(50)54-23-33-31-10-5-3-8-29(31)30-9-4-6-11-32(30)33)37(48)44-34(12-7-21-42-38(41)49)36(47)43-26-15-13-25(14-16-26)22-55-40(51)56-28-19-17-27(18-20-28)46(52)53;1-2/h3-6,8-11,13-20,24,33-35H,7,12,21-23H2,1-2H3,(H,43,47)(H,44,48)(H,45,50)(H3,41,42,49);1-2H3/p-1/t34-,35+;/m0./s1. The molecule has 2 atom stereocenters. The number of hydrogen-bond acceptors (Lipinski definition) is 11. The van der Waals surface area contributed by atoms with Crippen LogP contribution in [0.15, 0.2) is 102 Å². The SMILES string of the molecule is CC.CC(C)[C@@H](N=C([O-])OCC1c2ccccc2-c2ccccc21)C(=O)N[C@@H](CCCNC(N)=O)C(=O)Nc1ccc(COC(=O)Oc2ccc([N+](=O)[O-])cc2)cc1. The Morgan fingerprint density at radius 3 is 2.02 bits per heavy atom. The van der Waals surface area contributed by atoms with E-state index in [1.165, 1.54) is 24.3 Å². The van der Waals surface area contributed by atoms with Crippen molar-refractivity contribution < 1.29 is 43.4 Å². The first kappa shape index (κ1) is 43.8. The van der Waals surface area contributed by atoms with Crippen LogP contribution in [-0.4, -0.2) is 60.2 Å². The molecule has 16 heteroatoms. The average molecular weight is 796 g/mol. The molecule has 306 valence electrons. The van der Waals surface area contributed by atoms with E-state index < -0.39 is 53.0 Å². The number of carbonyl (C=O) groups excluding carboxylic acids is 4. The summed E-state index contributed by atoms with van der Waals surface area (Å²) in [6, 6.07) is 24.1. The van der Waals surface area contributed by atoms with E-state index in [4.69, 9.17) is 19.9 Å². The minimum absolute atomic E-state index is 0.0257. The van der Waals surface area contributed by atoms with Crippen LogP contribution >= 0.6 is 0 Å². The molecule has 0 fully saturated rings. The van der Waals surface area contributed by atoms with Crippen molar-refractivity contribution in [2.24, 2.45) is 16.6 Å². The topological polar surface area (TPSA) is 237 Å². The monoisotopic (exact) mass is 795 g/mol. The number of nitrogens with zero attached hydrogens (tertiary/aromatic N) is 2. The fraction of sp³-hybridized carbons (Fsp3) is 0.310. The smallest absolute Gasteiger partial charge is 0.514 e. The number of nitrogens with two attached hydrogens (primary N) is 1. The first-order valence-corrected chi connectivity index (χ1v) is 18.8. The molecule has 4 aromatic rings. The second-order valence-electron chi connectivity index (χ2n) is 13.2. The van der Waals surface area contributed by atoms with Crippen molar-refractivity contribution in [2.45, 2.75) is 65.1 Å². The molecule has 1 aliphatic rings. The molecule has 5 rings (SSSR count). The number of ether oxygens (including phenoxy) is 3. The van der Waals surface area contributed by atoms with Crippen molar-refractivity contribution in [3.8, 4) is 16.9 Å². The number of amides is 4. The molecule has 0 bridgehead atoms. The molecule has 1 aliphatic carbocycles. The Hall–Kier alpha value is -6.97. The minimum atomic E-state index is -1.17. The highest BCUT2D eigenvalue weighted by molar-refractivity contribution is 5.98. The highest BCUT2D eigenvalue weighted by Crippen LogP contribution is 2.44. The fourth-order valence-electron chi connectivity index (χ4n) is 6.12. The lowest BCUT2D eigenvalue weighted by Gasteiger charge is -2.25. The third-order valence-electron chi connectivity index (χ3n) is 8.91. The summed E-state index contributed by atoms with van der Waals surface area (Å²) in [7, 11) is 0.